The Morgan fingerprint density at radius 1 is 0.910 bits per heavy atom. The van der Waals surface area contributed by atoms with Crippen LogP contribution in [0, 0.1) is 45.2 Å². The van der Waals surface area contributed by atoms with Gasteiger partial charge in [0.05, 0.1) is 33.5 Å². The lowest BCUT2D eigenvalue weighted by atomic mass is 9.49. The van der Waals surface area contributed by atoms with Gasteiger partial charge in [0.2, 0.25) is 21.8 Å². The Balaban J connectivity index is 0.755. The number of ether oxygens (including phenoxy) is 2. The van der Waals surface area contributed by atoms with Gasteiger partial charge in [-0.3, -0.25) is 34.7 Å². The number of nitrogens with zero attached hydrogens (tertiary/aromatic N) is 5. The number of rotatable bonds is 15. The summed E-state index contributed by atoms with van der Waals surface area (Å²) >= 11 is 6.39. The third-order valence-electron chi connectivity index (χ3n) is 18.9. The third kappa shape index (κ3) is 10.9. The zero-order valence-corrected chi connectivity index (χ0v) is 48.0. The second-order valence-electron chi connectivity index (χ2n) is 24.4. The number of likely N-dealkylation sites (tertiary alicyclic amines) is 1. The number of hydrogen-bond acceptors (Lipinski definition) is 13. The lowest BCUT2D eigenvalue weighted by Gasteiger charge is -2.63. The molecule has 3 aromatic carbocycles. The van der Waals surface area contributed by atoms with Crippen molar-refractivity contribution in [2.75, 3.05) is 75.3 Å². The van der Waals surface area contributed by atoms with E-state index in [1.165, 1.54) is 19.3 Å². The number of amides is 2. The minimum Gasteiger partial charge on any atom is -0.489 e. The molecule has 19 heteroatoms. The van der Waals surface area contributed by atoms with Gasteiger partial charge in [-0.05, 0) is 107 Å². The van der Waals surface area contributed by atoms with Gasteiger partial charge >= 0.3 is 0 Å². The van der Waals surface area contributed by atoms with Crippen LogP contribution in [0.5, 0.6) is 17.2 Å². The zero-order valence-electron chi connectivity index (χ0n) is 46.5. The molecule has 78 heavy (non-hydrogen) atoms. The molecule has 2 unspecified atom stereocenters. The van der Waals surface area contributed by atoms with Crippen LogP contribution in [0.1, 0.15) is 110 Å². The highest BCUT2D eigenvalue weighted by atomic mass is 35.5. The lowest BCUT2D eigenvalue weighted by Crippen LogP contribution is -2.77. The van der Waals surface area contributed by atoms with Crippen molar-refractivity contribution in [3.8, 4) is 23.3 Å². The Bertz CT molecular complexity index is 2890. The van der Waals surface area contributed by atoms with Crippen molar-refractivity contribution in [2.24, 2.45) is 28.1 Å². The lowest BCUT2D eigenvalue weighted by molar-refractivity contribution is -0.179. The number of anilines is 2. The van der Waals surface area contributed by atoms with E-state index >= 15 is 9.18 Å². The quantitative estimate of drug-likeness (QED) is 0.0986. The molecule has 422 valence electrons. The third-order valence-corrected chi connectivity index (χ3v) is 20.5. The van der Waals surface area contributed by atoms with E-state index in [1.54, 1.807) is 79.7 Å². The van der Waals surface area contributed by atoms with E-state index in [1.807, 2.05) is 0 Å². The van der Waals surface area contributed by atoms with Crippen LogP contribution in [0.2, 0.25) is 5.02 Å². The van der Waals surface area contributed by atoms with Gasteiger partial charge in [-0.1, -0.05) is 77.5 Å². The van der Waals surface area contributed by atoms with Crippen LogP contribution in [-0.2, 0) is 19.6 Å². The monoisotopic (exact) mass is 1110 g/mol. The highest BCUT2D eigenvalue weighted by Gasteiger charge is 2.65. The van der Waals surface area contributed by atoms with Crippen molar-refractivity contribution in [2.45, 2.75) is 135 Å². The summed E-state index contributed by atoms with van der Waals surface area (Å²) in [6.45, 7) is 15.2. The van der Waals surface area contributed by atoms with Gasteiger partial charge in [-0.2, -0.15) is 5.26 Å². The van der Waals surface area contributed by atoms with Gasteiger partial charge in [-0.15, -0.1) is 0 Å². The number of fused-ring (bicyclic) bond motifs is 1. The molecule has 16 nitrogen and oxygen atoms in total. The van der Waals surface area contributed by atoms with Crippen molar-refractivity contribution in [3.05, 3.63) is 82.8 Å². The maximum atomic E-state index is 16.7. The number of likely N-dealkylation sites (N-methyl/N-ethyl adjacent to an activating group) is 2. The fourth-order valence-electron chi connectivity index (χ4n) is 14.5. The second-order valence-corrected chi connectivity index (χ2v) is 26.8. The van der Waals surface area contributed by atoms with Gasteiger partial charge < -0.3 is 29.9 Å². The number of piperidine rings is 1. The molecule has 5 N–H and O–H groups in total. The molecule has 0 spiro atoms. The number of sulfonamides is 1. The summed E-state index contributed by atoms with van der Waals surface area (Å²) in [6.07, 6.45) is 12.2. The van der Waals surface area contributed by atoms with E-state index in [9.17, 15) is 18.5 Å². The molecular formula is C59H80ClFN10O6S. The Hall–Kier alpha value is -5.00. The minimum absolute atomic E-state index is 0.0377. The summed E-state index contributed by atoms with van der Waals surface area (Å²) < 4.78 is 57.5. The number of carbonyl (C=O) groups is 2. The molecule has 2 atom stereocenters. The molecule has 3 aromatic rings. The van der Waals surface area contributed by atoms with Crippen molar-refractivity contribution >= 4 is 50.4 Å². The van der Waals surface area contributed by atoms with E-state index in [0.29, 0.717) is 84.2 Å². The van der Waals surface area contributed by atoms with Crippen LogP contribution >= 0.6 is 11.6 Å². The van der Waals surface area contributed by atoms with E-state index in [2.05, 4.69) is 81.5 Å². The molecule has 7 aliphatic rings. The number of nitrogens with one attached hydrogen (secondary N) is 5. The van der Waals surface area contributed by atoms with Crippen LogP contribution in [0.4, 0.5) is 15.8 Å². The first-order valence-electron chi connectivity index (χ1n) is 28.4. The van der Waals surface area contributed by atoms with Gasteiger partial charge in [0.15, 0.2) is 11.6 Å². The maximum absolute atomic E-state index is 16.7. The molecule has 2 saturated carbocycles. The van der Waals surface area contributed by atoms with Gasteiger partial charge in [0.25, 0.3) is 0 Å². The summed E-state index contributed by atoms with van der Waals surface area (Å²) in [6, 6.07) is 17.6. The maximum Gasteiger partial charge on any atom is 0.244 e. The van der Waals surface area contributed by atoms with E-state index in [0.717, 1.165) is 57.2 Å². The molecule has 5 aliphatic heterocycles. The normalized spacial score (nSPS) is 28.1. The largest absolute Gasteiger partial charge is 0.489 e. The molecule has 6 fully saturated rings. The van der Waals surface area contributed by atoms with Crippen LogP contribution in [0.3, 0.4) is 0 Å². The molecule has 0 bridgehead atoms. The first-order valence-corrected chi connectivity index (χ1v) is 30.5. The number of halogens is 2. The first-order chi connectivity index (χ1) is 37.2. The van der Waals surface area contributed by atoms with Crippen molar-refractivity contribution in [1.29, 1.82) is 5.26 Å². The Morgan fingerprint density at radius 3 is 2.27 bits per heavy atom. The zero-order chi connectivity index (χ0) is 55.3. The average molecular weight is 1110 g/mol. The summed E-state index contributed by atoms with van der Waals surface area (Å²) in [5.74, 6) is 0.650. The van der Waals surface area contributed by atoms with Crippen molar-refractivity contribution in [1.82, 2.24) is 36.0 Å². The molecule has 0 aromatic heterocycles. The fraction of sp³-hybridized carbons (Fsp3) is 0.610. The summed E-state index contributed by atoms with van der Waals surface area (Å²) in [5, 5.41) is 24.4. The number of carbonyl (C=O) groups excluding carboxylic acids is 2. The molecule has 2 amide bonds. The topological polar surface area (TPSA) is 184 Å². The molecule has 0 radical (unpaired) electrons. The van der Waals surface area contributed by atoms with Gasteiger partial charge in [0, 0.05) is 105 Å². The smallest absolute Gasteiger partial charge is 0.244 e. The molecule has 10 rings (SSSR count). The Labute approximate surface area is 466 Å². The summed E-state index contributed by atoms with van der Waals surface area (Å²) in [4.78, 5) is 36.7. The second kappa shape index (κ2) is 22.5. The molecule has 5 heterocycles. The van der Waals surface area contributed by atoms with E-state index in [4.69, 9.17) is 21.1 Å². The standard InChI is InChI=1S/C59H80ClFN10O6S/c1-8-78(74,75)67-39-20-22-48(44(29-39)45-34-68(6)52(72)51-43(45)23-26-63-51)77-49-18-14-17-47(50(49)61)71-32-41(33-71)69(7)40-24-27-70(28-25-40)56-64-35-59(36-65-56,38-15-12-10-9-11-13-16-38)55(73)66-53-57(2,3)54(58(53,4)5)76-42-21-19-37(31-62)46(60)30-42/h14,17-22,29-30,34,38,40-41,43,51,53-54,56,63-65,67H,8-13,15-16,23-28,32-33,35-36H2,1-7H3,(H,66,73). The minimum atomic E-state index is -3.58. The first kappa shape index (κ1) is 56.3. The van der Waals surface area contributed by atoms with E-state index in [-0.39, 0.29) is 70.5 Å². The van der Waals surface area contributed by atoms with Crippen molar-refractivity contribution in [3.63, 3.8) is 0 Å². The summed E-state index contributed by atoms with van der Waals surface area (Å²) in [7, 11) is 0.314. The van der Waals surface area contributed by atoms with Gasteiger partial charge in [0.1, 0.15) is 30.0 Å². The van der Waals surface area contributed by atoms with Crippen LogP contribution in [0.15, 0.2) is 60.8 Å². The molecule has 4 saturated heterocycles. The fourth-order valence-corrected chi connectivity index (χ4v) is 15.3. The number of benzene rings is 3. The van der Waals surface area contributed by atoms with E-state index < -0.39 is 27.3 Å². The number of hydrogen-bond donors (Lipinski definition) is 5. The van der Waals surface area contributed by atoms with Crippen LogP contribution in [0.25, 0.3) is 5.57 Å². The average Bonchev–Trinajstić information content (AvgIpc) is 3.87. The van der Waals surface area contributed by atoms with Crippen molar-refractivity contribution < 1.29 is 31.9 Å². The molecule has 2 aliphatic carbocycles. The predicted octanol–water partition coefficient (Wildman–Crippen LogP) is 8.10. The van der Waals surface area contributed by atoms with Crippen LogP contribution < -0.4 is 40.4 Å². The van der Waals surface area contributed by atoms with Gasteiger partial charge in [-0.25, -0.2) is 12.8 Å². The van der Waals surface area contributed by atoms with Crippen LogP contribution in [-0.4, -0.2) is 137 Å². The predicted molar refractivity (Wildman–Crippen MR) is 303 cm³/mol. The SMILES string of the molecule is CCS(=O)(=O)Nc1ccc(Oc2cccc(N3CC(N(C)C4CCN(C5NCC(C(=O)NC6C(C)(C)C(Oc7ccc(C#N)c(Cl)c7)C6(C)C)(C6CCCCCCC6)CN5)CC4)C3)c2F)c(C2=CN(C)C(=O)C3NCCC23)c1. The Morgan fingerprint density at radius 2 is 1.60 bits per heavy atom. The Kier molecular flexibility index (Phi) is 16.2. The highest BCUT2D eigenvalue weighted by molar-refractivity contribution is 7.92. The summed E-state index contributed by atoms with van der Waals surface area (Å²) in [5.41, 5.74) is 1.29. The highest BCUT2D eigenvalue weighted by Crippen LogP contribution is 2.56. The molecular weight excluding hydrogens is 1030 g/mol. The number of nitriles is 1.